The van der Waals surface area contributed by atoms with Gasteiger partial charge in [0.1, 0.15) is 0 Å². The Morgan fingerprint density at radius 2 is 2.05 bits per heavy atom. The fraction of sp³-hybridized carbons (Fsp3) is 0.200. The molecule has 0 atom stereocenters. The van der Waals surface area contributed by atoms with Crippen molar-refractivity contribution >= 4 is 22.5 Å². The number of para-hydroxylation sites is 1. The minimum absolute atomic E-state index is 0.624. The molecule has 0 amide bonds. The number of hydrogen-bond acceptors (Lipinski definition) is 3. The topological polar surface area (TPSA) is 42.7 Å². The van der Waals surface area contributed by atoms with Crippen molar-refractivity contribution in [2.45, 2.75) is 18.9 Å². The maximum absolute atomic E-state index is 4.45. The summed E-state index contributed by atoms with van der Waals surface area (Å²) >= 11 is 0. The highest BCUT2D eigenvalue weighted by Crippen LogP contribution is 2.37. The van der Waals surface area contributed by atoms with Crippen LogP contribution in [0.25, 0.3) is 10.9 Å². The molecule has 0 unspecified atom stereocenters. The van der Waals surface area contributed by atoms with Gasteiger partial charge in [0.2, 0.25) is 5.95 Å². The smallest absolute Gasteiger partial charge is 0.207 e. The fourth-order valence-electron chi connectivity index (χ4n) is 2.33. The second-order valence-corrected chi connectivity index (χ2v) is 4.93. The molecule has 4 rings (SSSR count). The van der Waals surface area contributed by atoms with Crippen molar-refractivity contribution in [3.8, 4) is 0 Å². The summed E-state index contributed by atoms with van der Waals surface area (Å²) < 4.78 is 2.20. The molecule has 0 bridgehead atoms. The Morgan fingerprint density at radius 3 is 2.95 bits per heavy atom. The van der Waals surface area contributed by atoms with E-state index in [-0.39, 0.29) is 0 Å². The Morgan fingerprint density at radius 1 is 1.16 bits per heavy atom. The summed E-state index contributed by atoms with van der Waals surface area (Å²) in [4.78, 5) is 8.83. The number of nitrogens with zero attached hydrogens (tertiary/aromatic N) is 3. The van der Waals surface area contributed by atoms with Crippen LogP contribution in [0.3, 0.4) is 0 Å². The Bertz CT molecular complexity index is 728. The molecule has 0 aliphatic heterocycles. The first-order chi connectivity index (χ1) is 9.40. The van der Waals surface area contributed by atoms with Crippen LogP contribution in [0.2, 0.25) is 0 Å². The van der Waals surface area contributed by atoms with Crippen molar-refractivity contribution in [1.29, 1.82) is 0 Å². The SMILES string of the molecule is c1ccc2ncc(Nc3nccn3C3CC3)cc2c1. The zero-order valence-electron chi connectivity index (χ0n) is 10.5. The molecule has 0 saturated heterocycles. The number of pyridine rings is 1. The molecule has 0 radical (unpaired) electrons. The van der Waals surface area contributed by atoms with Gasteiger partial charge in [-0.1, -0.05) is 18.2 Å². The van der Waals surface area contributed by atoms with E-state index in [1.165, 1.54) is 12.8 Å². The lowest BCUT2D eigenvalue weighted by atomic mass is 10.2. The van der Waals surface area contributed by atoms with Crippen LogP contribution in [0.4, 0.5) is 11.6 Å². The number of hydrogen-bond donors (Lipinski definition) is 1. The maximum Gasteiger partial charge on any atom is 0.207 e. The predicted octanol–water partition coefficient (Wildman–Crippen LogP) is 3.51. The Hall–Kier alpha value is -2.36. The zero-order valence-corrected chi connectivity index (χ0v) is 10.5. The third-order valence-corrected chi connectivity index (χ3v) is 3.46. The largest absolute Gasteiger partial charge is 0.324 e. The second kappa shape index (κ2) is 4.09. The van der Waals surface area contributed by atoms with E-state index in [9.17, 15) is 0 Å². The summed E-state index contributed by atoms with van der Waals surface area (Å²) in [6, 6.07) is 10.8. The number of anilines is 2. The molecule has 1 aliphatic rings. The molecular weight excluding hydrogens is 236 g/mol. The van der Waals surface area contributed by atoms with E-state index in [4.69, 9.17) is 0 Å². The third-order valence-electron chi connectivity index (χ3n) is 3.46. The predicted molar refractivity (Wildman–Crippen MR) is 75.5 cm³/mol. The van der Waals surface area contributed by atoms with Crippen LogP contribution in [0.5, 0.6) is 0 Å². The quantitative estimate of drug-likeness (QED) is 0.773. The van der Waals surface area contributed by atoms with Gasteiger partial charge < -0.3 is 9.88 Å². The lowest BCUT2D eigenvalue weighted by Gasteiger charge is -2.09. The number of rotatable bonds is 3. The molecule has 94 valence electrons. The van der Waals surface area contributed by atoms with Crippen LogP contribution in [0, 0.1) is 0 Å². The van der Waals surface area contributed by atoms with Crippen LogP contribution < -0.4 is 5.32 Å². The molecule has 4 heteroatoms. The van der Waals surface area contributed by atoms with Crippen molar-refractivity contribution in [3.05, 3.63) is 48.9 Å². The van der Waals surface area contributed by atoms with Crippen LogP contribution >= 0.6 is 0 Å². The van der Waals surface area contributed by atoms with E-state index in [1.807, 2.05) is 36.8 Å². The fourth-order valence-corrected chi connectivity index (χ4v) is 2.33. The van der Waals surface area contributed by atoms with E-state index in [0.717, 1.165) is 22.5 Å². The summed E-state index contributed by atoms with van der Waals surface area (Å²) in [6.45, 7) is 0. The maximum atomic E-state index is 4.45. The number of nitrogens with one attached hydrogen (secondary N) is 1. The molecular formula is C15H14N4. The molecule has 2 aromatic heterocycles. The van der Waals surface area contributed by atoms with Gasteiger partial charge in [-0.2, -0.15) is 0 Å². The zero-order chi connectivity index (χ0) is 12.7. The van der Waals surface area contributed by atoms with Gasteiger partial charge in [0.15, 0.2) is 0 Å². The molecule has 0 spiro atoms. The Kier molecular flexibility index (Phi) is 2.27. The third kappa shape index (κ3) is 1.95. The minimum atomic E-state index is 0.624. The minimum Gasteiger partial charge on any atom is -0.324 e. The van der Waals surface area contributed by atoms with E-state index in [2.05, 4.69) is 32.0 Å². The highest BCUT2D eigenvalue weighted by molar-refractivity contribution is 5.82. The number of imidazole rings is 1. The molecule has 4 nitrogen and oxygen atoms in total. The van der Waals surface area contributed by atoms with Crippen molar-refractivity contribution in [1.82, 2.24) is 14.5 Å². The molecule has 2 heterocycles. The van der Waals surface area contributed by atoms with Crippen LogP contribution in [-0.2, 0) is 0 Å². The van der Waals surface area contributed by atoms with Crippen molar-refractivity contribution in [3.63, 3.8) is 0 Å². The first kappa shape index (κ1) is 10.6. The monoisotopic (exact) mass is 250 g/mol. The van der Waals surface area contributed by atoms with Crippen molar-refractivity contribution in [2.24, 2.45) is 0 Å². The number of fused-ring (bicyclic) bond motifs is 1. The normalized spacial score (nSPS) is 14.7. The molecule has 19 heavy (non-hydrogen) atoms. The number of aromatic nitrogens is 3. The summed E-state index contributed by atoms with van der Waals surface area (Å²) in [5.74, 6) is 0.902. The number of benzene rings is 1. The molecule has 1 aliphatic carbocycles. The standard InChI is InChI=1S/C15H14N4/c1-2-4-14-11(3-1)9-12(10-17-14)18-15-16-7-8-19(15)13-5-6-13/h1-4,7-10,13H,5-6H2,(H,16,18). The molecule has 1 fully saturated rings. The molecule has 1 N–H and O–H groups in total. The van der Waals surface area contributed by atoms with Gasteiger partial charge in [0.05, 0.1) is 17.4 Å². The van der Waals surface area contributed by atoms with Crippen LogP contribution in [0.1, 0.15) is 18.9 Å². The summed E-state index contributed by atoms with van der Waals surface area (Å²) in [5, 5.41) is 4.49. The lowest BCUT2D eigenvalue weighted by molar-refractivity contribution is 0.751. The Balaban J connectivity index is 1.68. The highest BCUT2D eigenvalue weighted by atomic mass is 15.2. The first-order valence-corrected chi connectivity index (χ1v) is 6.55. The van der Waals surface area contributed by atoms with E-state index in [1.54, 1.807) is 0 Å². The summed E-state index contributed by atoms with van der Waals surface area (Å²) in [7, 11) is 0. The Labute approximate surface area is 111 Å². The molecule has 3 aromatic rings. The van der Waals surface area contributed by atoms with Gasteiger partial charge in [-0.05, 0) is 25.0 Å². The van der Waals surface area contributed by atoms with Gasteiger partial charge in [-0.15, -0.1) is 0 Å². The average Bonchev–Trinajstić information content (AvgIpc) is 3.19. The second-order valence-electron chi connectivity index (χ2n) is 4.93. The van der Waals surface area contributed by atoms with Gasteiger partial charge in [0, 0.05) is 23.8 Å². The van der Waals surface area contributed by atoms with Gasteiger partial charge in [-0.25, -0.2) is 4.98 Å². The molecule has 1 aromatic carbocycles. The van der Waals surface area contributed by atoms with E-state index < -0.39 is 0 Å². The van der Waals surface area contributed by atoms with Gasteiger partial charge in [-0.3, -0.25) is 4.98 Å². The van der Waals surface area contributed by atoms with Crippen molar-refractivity contribution in [2.75, 3.05) is 5.32 Å². The summed E-state index contributed by atoms with van der Waals surface area (Å²) in [6.07, 6.45) is 8.24. The van der Waals surface area contributed by atoms with Crippen molar-refractivity contribution < 1.29 is 0 Å². The highest BCUT2D eigenvalue weighted by Gasteiger charge is 2.25. The van der Waals surface area contributed by atoms with Gasteiger partial charge in [0.25, 0.3) is 0 Å². The lowest BCUT2D eigenvalue weighted by Crippen LogP contribution is -2.01. The van der Waals surface area contributed by atoms with Gasteiger partial charge >= 0.3 is 0 Å². The first-order valence-electron chi connectivity index (χ1n) is 6.55. The van der Waals surface area contributed by atoms with Crippen LogP contribution in [-0.4, -0.2) is 14.5 Å². The summed E-state index contributed by atoms with van der Waals surface area (Å²) in [5.41, 5.74) is 1.99. The van der Waals surface area contributed by atoms with Crippen LogP contribution in [0.15, 0.2) is 48.9 Å². The average molecular weight is 250 g/mol. The van der Waals surface area contributed by atoms with E-state index >= 15 is 0 Å². The molecule has 1 saturated carbocycles. The van der Waals surface area contributed by atoms with E-state index in [0.29, 0.717) is 6.04 Å².